The molecule has 0 aliphatic carbocycles. The van der Waals surface area contributed by atoms with E-state index in [1.165, 1.54) is 12.1 Å². The number of hydrogen-bond donors (Lipinski definition) is 1. The standard InChI is InChI=1S/C14H10BrFN2S/c1-8-3-2-4-11-13(8)17-14(19)18(11)12-7-9(16)5-6-10(12)15/h2-7H,1H3,(H,17,19). The van der Waals surface area contributed by atoms with Crippen molar-refractivity contribution in [2.24, 2.45) is 0 Å². The first-order valence-electron chi connectivity index (χ1n) is 5.73. The summed E-state index contributed by atoms with van der Waals surface area (Å²) < 4.78 is 16.7. The van der Waals surface area contributed by atoms with Crippen molar-refractivity contribution in [1.29, 1.82) is 0 Å². The summed E-state index contributed by atoms with van der Waals surface area (Å²) in [5, 5.41) is 0. The molecule has 5 heteroatoms. The summed E-state index contributed by atoms with van der Waals surface area (Å²) in [6, 6.07) is 10.5. The molecule has 2 aromatic carbocycles. The number of H-pyrrole nitrogens is 1. The van der Waals surface area contributed by atoms with Gasteiger partial charge in [-0.25, -0.2) is 4.39 Å². The van der Waals surface area contributed by atoms with Gasteiger partial charge < -0.3 is 4.98 Å². The van der Waals surface area contributed by atoms with E-state index in [1.54, 1.807) is 6.07 Å². The Bertz CT molecular complexity index is 835. The molecule has 1 heterocycles. The Hall–Kier alpha value is -1.46. The number of hydrogen-bond acceptors (Lipinski definition) is 1. The smallest absolute Gasteiger partial charge is 0.182 e. The van der Waals surface area contributed by atoms with E-state index in [0.29, 0.717) is 10.5 Å². The molecule has 3 rings (SSSR count). The lowest BCUT2D eigenvalue weighted by Crippen LogP contribution is -1.96. The Morgan fingerprint density at radius 2 is 2.05 bits per heavy atom. The molecule has 0 aliphatic rings. The Balaban J connectivity index is 2.43. The minimum Gasteiger partial charge on any atom is -0.330 e. The second-order valence-corrected chi connectivity index (χ2v) is 5.57. The Labute approximate surface area is 123 Å². The molecule has 0 aliphatic heterocycles. The minimum atomic E-state index is -0.290. The van der Waals surface area contributed by atoms with Gasteiger partial charge in [0.05, 0.1) is 16.7 Å². The van der Waals surface area contributed by atoms with Crippen LogP contribution in [-0.4, -0.2) is 9.55 Å². The molecule has 96 valence electrons. The number of aryl methyl sites for hydroxylation is 1. The first kappa shape index (κ1) is 12.6. The molecule has 0 saturated carbocycles. The van der Waals surface area contributed by atoms with Gasteiger partial charge >= 0.3 is 0 Å². The molecule has 19 heavy (non-hydrogen) atoms. The van der Waals surface area contributed by atoms with Crippen molar-refractivity contribution in [3.63, 3.8) is 0 Å². The van der Waals surface area contributed by atoms with Crippen molar-refractivity contribution in [3.8, 4) is 5.69 Å². The third-order valence-corrected chi connectivity index (χ3v) is 4.03. The van der Waals surface area contributed by atoms with E-state index in [-0.39, 0.29) is 5.82 Å². The summed E-state index contributed by atoms with van der Waals surface area (Å²) in [4.78, 5) is 3.17. The number of rotatable bonds is 1. The van der Waals surface area contributed by atoms with Gasteiger partial charge in [0.15, 0.2) is 4.77 Å². The normalized spacial score (nSPS) is 11.1. The van der Waals surface area contributed by atoms with E-state index >= 15 is 0 Å². The highest BCUT2D eigenvalue weighted by atomic mass is 79.9. The molecule has 3 aromatic rings. The fourth-order valence-electron chi connectivity index (χ4n) is 2.17. The Morgan fingerprint density at radius 3 is 2.84 bits per heavy atom. The van der Waals surface area contributed by atoms with Crippen LogP contribution in [0, 0.1) is 17.5 Å². The van der Waals surface area contributed by atoms with Crippen molar-refractivity contribution >= 4 is 39.2 Å². The van der Waals surface area contributed by atoms with Crippen molar-refractivity contribution < 1.29 is 4.39 Å². The first-order chi connectivity index (χ1) is 9.08. The summed E-state index contributed by atoms with van der Waals surface area (Å²) in [6.07, 6.45) is 0. The lowest BCUT2D eigenvalue weighted by Gasteiger charge is -2.07. The first-order valence-corrected chi connectivity index (χ1v) is 6.94. The van der Waals surface area contributed by atoms with Crippen molar-refractivity contribution in [1.82, 2.24) is 9.55 Å². The molecule has 0 bridgehead atoms. The molecule has 0 fully saturated rings. The molecule has 0 atom stereocenters. The molecule has 1 aromatic heterocycles. The molecular formula is C14H10BrFN2S. The molecule has 0 saturated heterocycles. The predicted octanol–water partition coefficient (Wildman–Crippen LogP) is 4.90. The lowest BCUT2D eigenvalue weighted by atomic mass is 10.2. The van der Waals surface area contributed by atoms with Gasteiger partial charge in [0.2, 0.25) is 0 Å². The van der Waals surface area contributed by atoms with Crippen LogP contribution in [-0.2, 0) is 0 Å². The number of fused-ring (bicyclic) bond motifs is 1. The van der Waals surface area contributed by atoms with E-state index in [0.717, 1.165) is 21.1 Å². The zero-order chi connectivity index (χ0) is 13.6. The fourth-order valence-corrected chi connectivity index (χ4v) is 2.89. The number of imidazole rings is 1. The van der Waals surface area contributed by atoms with Gasteiger partial charge in [-0.2, -0.15) is 0 Å². The van der Waals surface area contributed by atoms with Gasteiger partial charge in [0.25, 0.3) is 0 Å². The number of halogens is 2. The number of aromatic amines is 1. The highest BCUT2D eigenvalue weighted by molar-refractivity contribution is 9.10. The van der Waals surface area contributed by atoms with Crippen molar-refractivity contribution in [2.75, 3.05) is 0 Å². The van der Waals surface area contributed by atoms with Crippen LogP contribution in [0.5, 0.6) is 0 Å². The average molecular weight is 337 g/mol. The van der Waals surface area contributed by atoms with Gasteiger partial charge in [0.1, 0.15) is 5.82 Å². The van der Waals surface area contributed by atoms with Crippen LogP contribution < -0.4 is 0 Å². The number of aromatic nitrogens is 2. The zero-order valence-electron chi connectivity index (χ0n) is 10.1. The third kappa shape index (κ3) is 2.03. The van der Waals surface area contributed by atoms with Gasteiger partial charge in [-0.1, -0.05) is 12.1 Å². The monoisotopic (exact) mass is 336 g/mol. The Morgan fingerprint density at radius 1 is 1.26 bits per heavy atom. The third-order valence-electron chi connectivity index (χ3n) is 3.08. The molecule has 0 amide bonds. The van der Waals surface area contributed by atoms with Gasteiger partial charge in [-0.05, 0) is 64.9 Å². The van der Waals surface area contributed by atoms with Crippen LogP contribution in [0.1, 0.15) is 5.56 Å². The van der Waals surface area contributed by atoms with Gasteiger partial charge in [0, 0.05) is 4.47 Å². The maximum atomic E-state index is 13.5. The number of para-hydroxylation sites is 1. The number of benzene rings is 2. The van der Waals surface area contributed by atoms with E-state index in [9.17, 15) is 4.39 Å². The summed E-state index contributed by atoms with van der Waals surface area (Å²) in [5.41, 5.74) is 3.72. The Kier molecular flexibility index (Phi) is 3.03. The fraction of sp³-hybridized carbons (Fsp3) is 0.0714. The highest BCUT2D eigenvalue weighted by Crippen LogP contribution is 2.27. The van der Waals surface area contributed by atoms with Crippen LogP contribution >= 0.6 is 28.1 Å². The van der Waals surface area contributed by atoms with Crippen molar-refractivity contribution in [2.45, 2.75) is 6.92 Å². The number of nitrogens with zero attached hydrogens (tertiary/aromatic N) is 1. The lowest BCUT2D eigenvalue weighted by molar-refractivity contribution is 0.626. The topological polar surface area (TPSA) is 20.7 Å². The molecule has 0 unspecified atom stereocenters. The molecule has 2 nitrogen and oxygen atoms in total. The van der Waals surface area contributed by atoms with E-state index < -0.39 is 0 Å². The van der Waals surface area contributed by atoms with Crippen LogP contribution in [0.2, 0.25) is 0 Å². The van der Waals surface area contributed by atoms with Gasteiger partial charge in [-0.3, -0.25) is 4.57 Å². The van der Waals surface area contributed by atoms with Crippen LogP contribution in [0.4, 0.5) is 4.39 Å². The summed E-state index contributed by atoms with van der Waals surface area (Å²) >= 11 is 8.80. The second kappa shape index (κ2) is 4.58. The number of nitrogens with one attached hydrogen (secondary N) is 1. The van der Waals surface area contributed by atoms with Crippen molar-refractivity contribution in [3.05, 3.63) is 57.0 Å². The van der Waals surface area contributed by atoms with E-state index in [1.807, 2.05) is 29.7 Å². The average Bonchev–Trinajstić information content (AvgIpc) is 2.70. The molecule has 0 radical (unpaired) electrons. The SMILES string of the molecule is Cc1cccc2c1[nH]c(=S)n2-c1cc(F)ccc1Br. The van der Waals surface area contributed by atoms with E-state index in [4.69, 9.17) is 12.2 Å². The van der Waals surface area contributed by atoms with E-state index in [2.05, 4.69) is 20.9 Å². The summed E-state index contributed by atoms with van der Waals surface area (Å²) in [6.45, 7) is 2.01. The van der Waals surface area contributed by atoms with Gasteiger partial charge in [-0.15, -0.1) is 0 Å². The predicted molar refractivity (Wildman–Crippen MR) is 80.9 cm³/mol. The molecular weight excluding hydrogens is 327 g/mol. The van der Waals surface area contributed by atoms with Crippen LogP contribution in [0.15, 0.2) is 40.9 Å². The minimum absolute atomic E-state index is 0.290. The maximum absolute atomic E-state index is 13.5. The summed E-state index contributed by atoms with van der Waals surface area (Å²) in [7, 11) is 0. The molecule has 1 N–H and O–H groups in total. The maximum Gasteiger partial charge on any atom is 0.182 e. The zero-order valence-corrected chi connectivity index (χ0v) is 12.5. The van der Waals surface area contributed by atoms with Crippen LogP contribution in [0.25, 0.3) is 16.7 Å². The largest absolute Gasteiger partial charge is 0.330 e. The highest BCUT2D eigenvalue weighted by Gasteiger charge is 2.11. The second-order valence-electron chi connectivity index (χ2n) is 4.33. The molecule has 0 spiro atoms. The quantitative estimate of drug-likeness (QED) is 0.627. The van der Waals surface area contributed by atoms with Crippen LogP contribution in [0.3, 0.4) is 0 Å². The summed E-state index contributed by atoms with van der Waals surface area (Å²) in [5.74, 6) is -0.290.